The van der Waals surface area contributed by atoms with Crippen LogP contribution >= 0.6 is 12.4 Å². The van der Waals surface area contributed by atoms with Crippen molar-refractivity contribution < 1.29 is 18.3 Å². The number of hydrogen-bond acceptors (Lipinski definition) is 4. The summed E-state index contributed by atoms with van der Waals surface area (Å²) in [6, 6.07) is 5.27. The molecule has 0 saturated carbocycles. The van der Waals surface area contributed by atoms with Crippen LogP contribution in [0.3, 0.4) is 0 Å². The van der Waals surface area contributed by atoms with E-state index in [2.05, 4.69) is 9.64 Å². The fraction of sp³-hybridized carbons (Fsp3) is 0.600. The molecule has 2 atom stereocenters. The maximum atomic E-state index is 12.3. The number of benzene rings is 1. The molecule has 0 aliphatic carbocycles. The first-order valence-corrected chi connectivity index (χ1v) is 7.09. The van der Waals surface area contributed by atoms with Gasteiger partial charge in [0.2, 0.25) is 0 Å². The molecule has 1 aromatic rings. The molecule has 126 valence electrons. The van der Waals surface area contributed by atoms with Crippen LogP contribution in [0.2, 0.25) is 0 Å². The van der Waals surface area contributed by atoms with Crippen LogP contribution in [0.25, 0.3) is 0 Å². The zero-order valence-electron chi connectivity index (χ0n) is 12.8. The SMILES string of the molecule is COc1cc(CN2CCC(C(C)N)C2)ccc1OC(F)F.Cl. The van der Waals surface area contributed by atoms with Crippen LogP contribution in [0.4, 0.5) is 8.78 Å². The molecule has 1 fully saturated rings. The summed E-state index contributed by atoms with van der Waals surface area (Å²) >= 11 is 0. The van der Waals surface area contributed by atoms with E-state index in [1.807, 2.05) is 6.92 Å². The van der Waals surface area contributed by atoms with Crippen molar-refractivity contribution in [1.82, 2.24) is 4.90 Å². The molecular formula is C15H23ClF2N2O2. The van der Waals surface area contributed by atoms with Crippen molar-refractivity contribution in [3.8, 4) is 11.5 Å². The third-order valence-corrected chi connectivity index (χ3v) is 3.90. The number of hydrogen-bond donors (Lipinski definition) is 1. The van der Waals surface area contributed by atoms with Crippen molar-refractivity contribution >= 4 is 12.4 Å². The number of alkyl halides is 2. The Bertz CT molecular complexity index is 475. The Morgan fingerprint density at radius 2 is 2.09 bits per heavy atom. The van der Waals surface area contributed by atoms with Gasteiger partial charge in [0.05, 0.1) is 7.11 Å². The highest BCUT2D eigenvalue weighted by Crippen LogP contribution is 2.30. The quantitative estimate of drug-likeness (QED) is 0.867. The van der Waals surface area contributed by atoms with Crippen LogP contribution in [0.1, 0.15) is 18.9 Å². The summed E-state index contributed by atoms with van der Waals surface area (Å²) in [6.45, 7) is 1.91. The van der Waals surface area contributed by atoms with Gasteiger partial charge in [-0.2, -0.15) is 8.78 Å². The Hall–Kier alpha value is -1.11. The summed E-state index contributed by atoms with van der Waals surface area (Å²) < 4.78 is 34.1. The van der Waals surface area contributed by atoms with Gasteiger partial charge in [0.1, 0.15) is 0 Å². The lowest BCUT2D eigenvalue weighted by molar-refractivity contribution is -0.0512. The van der Waals surface area contributed by atoms with Crippen molar-refractivity contribution in [2.45, 2.75) is 32.5 Å². The normalized spacial score (nSPS) is 19.8. The smallest absolute Gasteiger partial charge is 0.387 e. The standard InChI is InChI=1S/C15H22F2N2O2.ClH/c1-10(18)12-5-6-19(9-12)8-11-3-4-13(21-15(16)17)14(7-11)20-2;/h3-4,7,10,12,15H,5-6,8-9,18H2,1-2H3;1H. The Labute approximate surface area is 136 Å². The molecule has 0 aromatic heterocycles. The molecule has 0 radical (unpaired) electrons. The average molecular weight is 337 g/mol. The summed E-state index contributed by atoms with van der Waals surface area (Å²) in [4.78, 5) is 2.32. The molecule has 2 rings (SSSR count). The second kappa shape index (κ2) is 8.50. The molecule has 1 aromatic carbocycles. The third kappa shape index (κ3) is 4.97. The van der Waals surface area contributed by atoms with Gasteiger partial charge in [0.25, 0.3) is 0 Å². The molecule has 4 nitrogen and oxygen atoms in total. The van der Waals surface area contributed by atoms with E-state index in [4.69, 9.17) is 10.5 Å². The Balaban J connectivity index is 0.00000242. The minimum absolute atomic E-state index is 0. The monoisotopic (exact) mass is 336 g/mol. The Morgan fingerprint density at radius 3 is 2.64 bits per heavy atom. The highest BCUT2D eigenvalue weighted by atomic mass is 35.5. The molecule has 1 aliphatic heterocycles. The first kappa shape index (κ1) is 18.9. The zero-order chi connectivity index (χ0) is 15.4. The van der Waals surface area contributed by atoms with E-state index in [-0.39, 0.29) is 24.2 Å². The molecule has 7 heteroatoms. The minimum Gasteiger partial charge on any atom is -0.493 e. The molecule has 2 unspecified atom stereocenters. The largest absolute Gasteiger partial charge is 0.493 e. The molecule has 0 spiro atoms. The lowest BCUT2D eigenvalue weighted by atomic mass is 10.0. The third-order valence-electron chi connectivity index (χ3n) is 3.90. The topological polar surface area (TPSA) is 47.7 Å². The fourth-order valence-electron chi connectivity index (χ4n) is 2.70. The van der Waals surface area contributed by atoms with E-state index in [9.17, 15) is 8.78 Å². The average Bonchev–Trinajstić information content (AvgIpc) is 2.88. The maximum Gasteiger partial charge on any atom is 0.387 e. The predicted octanol–water partition coefficient (Wildman–Crippen LogP) is 2.89. The number of methoxy groups -OCH3 is 1. The van der Waals surface area contributed by atoms with Crippen LogP contribution < -0.4 is 15.2 Å². The highest BCUT2D eigenvalue weighted by molar-refractivity contribution is 5.85. The van der Waals surface area contributed by atoms with Gasteiger partial charge in [-0.05, 0) is 43.5 Å². The molecule has 0 amide bonds. The van der Waals surface area contributed by atoms with Crippen LogP contribution in [0.5, 0.6) is 11.5 Å². The van der Waals surface area contributed by atoms with Crippen molar-refractivity contribution in [2.24, 2.45) is 11.7 Å². The number of nitrogens with two attached hydrogens (primary N) is 1. The summed E-state index contributed by atoms with van der Waals surface area (Å²) in [7, 11) is 1.44. The summed E-state index contributed by atoms with van der Waals surface area (Å²) in [5, 5.41) is 0. The molecule has 1 saturated heterocycles. The van der Waals surface area contributed by atoms with E-state index < -0.39 is 6.61 Å². The van der Waals surface area contributed by atoms with E-state index in [1.165, 1.54) is 13.2 Å². The molecule has 0 bridgehead atoms. The van der Waals surface area contributed by atoms with Crippen molar-refractivity contribution in [1.29, 1.82) is 0 Å². The number of halogens is 3. The summed E-state index contributed by atoms with van der Waals surface area (Å²) in [5.41, 5.74) is 6.94. The Kier molecular flexibility index (Phi) is 7.32. The number of likely N-dealkylation sites (tertiary alicyclic amines) is 1. The van der Waals surface area contributed by atoms with Crippen molar-refractivity contribution in [3.05, 3.63) is 23.8 Å². The second-order valence-electron chi connectivity index (χ2n) is 5.51. The van der Waals surface area contributed by atoms with E-state index in [0.717, 1.165) is 31.6 Å². The van der Waals surface area contributed by atoms with E-state index >= 15 is 0 Å². The van der Waals surface area contributed by atoms with Gasteiger partial charge < -0.3 is 15.2 Å². The molecule has 1 aliphatic rings. The van der Waals surface area contributed by atoms with Crippen molar-refractivity contribution in [2.75, 3.05) is 20.2 Å². The second-order valence-corrected chi connectivity index (χ2v) is 5.51. The maximum absolute atomic E-state index is 12.3. The van der Waals surface area contributed by atoms with Gasteiger partial charge in [-0.25, -0.2) is 0 Å². The minimum atomic E-state index is -2.85. The van der Waals surface area contributed by atoms with Crippen LogP contribution in [0, 0.1) is 5.92 Å². The zero-order valence-corrected chi connectivity index (χ0v) is 13.6. The lowest BCUT2D eigenvalue weighted by Crippen LogP contribution is -2.29. The van der Waals surface area contributed by atoms with Gasteiger partial charge in [-0.1, -0.05) is 6.07 Å². The molecule has 1 heterocycles. The van der Waals surface area contributed by atoms with Crippen LogP contribution in [-0.2, 0) is 6.54 Å². The van der Waals surface area contributed by atoms with E-state index in [0.29, 0.717) is 11.7 Å². The van der Waals surface area contributed by atoms with Gasteiger partial charge in [0.15, 0.2) is 11.5 Å². The molecule has 22 heavy (non-hydrogen) atoms. The van der Waals surface area contributed by atoms with Crippen LogP contribution in [-0.4, -0.2) is 37.8 Å². The lowest BCUT2D eigenvalue weighted by Gasteiger charge is -2.18. The number of nitrogens with zero attached hydrogens (tertiary/aromatic N) is 1. The first-order valence-electron chi connectivity index (χ1n) is 7.09. The number of rotatable bonds is 6. The van der Waals surface area contributed by atoms with E-state index in [1.54, 1.807) is 12.1 Å². The Morgan fingerprint density at radius 1 is 1.36 bits per heavy atom. The van der Waals surface area contributed by atoms with Gasteiger partial charge in [-0.3, -0.25) is 4.90 Å². The molecular weight excluding hydrogens is 314 g/mol. The summed E-state index contributed by atoms with van der Waals surface area (Å²) in [6.07, 6.45) is 1.10. The van der Waals surface area contributed by atoms with Gasteiger partial charge in [0, 0.05) is 19.1 Å². The number of ether oxygens (including phenoxy) is 2. The van der Waals surface area contributed by atoms with Gasteiger partial charge in [-0.15, -0.1) is 12.4 Å². The van der Waals surface area contributed by atoms with Crippen LogP contribution in [0.15, 0.2) is 18.2 Å². The first-order chi connectivity index (χ1) is 9.99. The molecule has 2 N–H and O–H groups in total. The van der Waals surface area contributed by atoms with Gasteiger partial charge >= 0.3 is 6.61 Å². The predicted molar refractivity (Wildman–Crippen MR) is 83.9 cm³/mol. The fourth-order valence-corrected chi connectivity index (χ4v) is 2.70. The highest BCUT2D eigenvalue weighted by Gasteiger charge is 2.25. The van der Waals surface area contributed by atoms with Crippen molar-refractivity contribution in [3.63, 3.8) is 0 Å². The summed E-state index contributed by atoms with van der Waals surface area (Å²) in [5.74, 6) is 0.912.